The summed E-state index contributed by atoms with van der Waals surface area (Å²) in [6.45, 7) is 2.23. The molecule has 3 rings (SSSR count). The molecule has 4 heteroatoms. The number of hydrogen-bond donors (Lipinski definition) is 0. The van der Waals surface area contributed by atoms with Crippen LogP contribution < -0.4 is 0 Å². The van der Waals surface area contributed by atoms with Crippen molar-refractivity contribution in [3.05, 3.63) is 28.3 Å². The van der Waals surface area contributed by atoms with E-state index in [2.05, 4.69) is 43.4 Å². The van der Waals surface area contributed by atoms with E-state index in [-0.39, 0.29) is 0 Å². The molecule has 0 saturated carbocycles. The maximum absolute atomic E-state index is 4.62. The number of nitrogens with zero attached hydrogens (tertiary/aromatic N) is 3. The SMILES string of the molecule is CCC1CCc2c1nc1ncc(Br)cn21. The van der Waals surface area contributed by atoms with Crippen molar-refractivity contribution < 1.29 is 0 Å². The van der Waals surface area contributed by atoms with Crippen LogP contribution in [0.15, 0.2) is 16.9 Å². The zero-order chi connectivity index (χ0) is 10.4. The second-order valence-electron chi connectivity index (χ2n) is 4.03. The summed E-state index contributed by atoms with van der Waals surface area (Å²) >= 11 is 3.45. The molecule has 1 aliphatic rings. The van der Waals surface area contributed by atoms with E-state index < -0.39 is 0 Å². The van der Waals surface area contributed by atoms with Crippen LogP contribution in [0.5, 0.6) is 0 Å². The summed E-state index contributed by atoms with van der Waals surface area (Å²) in [6.07, 6.45) is 7.42. The molecule has 1 atom stereocenters. The number of rotatable bonds is 1. The molecule has 2 heterocycles. The fourth-order valence-electron chi connectivity index (χ4n) is 2.39. The van der Waals surface area contributed by atoms with Crippen molar-refractivity contribution in [2.75, 3.05) is 0 Å². The van der Waals surface area contributed by atoms with E-state index in [0.717, 1.165) is 16.7 Å². The topological polar surface area (TPSA) is 30.2 Å². The summed E-state index contributed by atoms with van der Waals surface area (Å²) in [5, 5.41) is 0. The summed E-state index contributed by atoms with van der Waals surface area (Å²) in [5.74, 6) is 1.47. The number of halogens is 1. The molecule has 0 radical (unpaired) electrons. The molecule has 1 aliphatic carbocycles. The molecule has 3 nitrogen and oxygen atoms in total. The van der Waals surface area contributed by atoms with Crippen LogP contribution in [0.4, 0.5) is 0 Å². The molecule has 2 aromatic rings. The monoisotopic (exact) mass is 265 g/mol. The highest BCUT2D eigenvalue weighted by atomic mass is 79.9. The van der Waals surface area contributed by atoms with Crippen molar-refractivity contribution in [1.29, 1.82) is 0 Å². The lowest BCUT2D eigenvalue weighted by Gasteiger charge is -2.01. The number of imidazole rings is 1. The van der Waals surface area contributed by atoms with Gasteiger partial charge in [-0.05, 0) is 35.2 Å². The first-order chi connectivity index (χ1) is 7.29. The van der Waals surface area contributed by atoms with Crippen LogP contribution in [0, 0.1) is 0 Å². The normalized spacial score (nSPS) is 19.7. The smallest absolute Gasteiger partial charge is 0.234 e. The zero-order valence-corrected chi connectivity index (χ0v) is 10.2. The minimum Gasteiger partial charge on any atom is -0.287 e. The Morgan fingerprint density at radius 3 is 3.27 bits per heavy atom. The summed E-state index contributed by atoms with van der Waals surface area (Å²) in [7, 11) is 0. The Kier molecular flexibility index (Phi) is 2.06. The highest BCUT2D eigenvalue weighted by Crippen LogP contribution is 2.35. The van der Waals surface area contributed by atoms with Crippen LogP contribution in [0.1, 0.15) is 37.1 Å². The molecule has 1 unspecified atom stereocenters. The first-order valence-corrected chi connectivity index (χ1v) is 6.11. The van der Waals surface area contributed by atoms with Crippen molar-refractivity contribution >= 4 is 21.7 Å². The molecule has 0 aromatic carbocycles. The van der Waals surface area contributed by atoms with E-state index >= 15 is 0 Å². The van der Waals surface area contributed by atoms with Gasteiger partial charge in [-0.2, -0.15) is 0 Å². The van der Waals surface area contributed by atoms with Gasteiger partial charge in [-0.1, -0.05) is 6.92 Å². The fourth-order valence-corrected chi connectivity index (χ4v) is 2.70. The Morgan fingerprint density at radius 1 is 1.60 bits per heavy atom. The van der Waals surface area contributed by atoms with Crippen LogP contribution in [0.25, 0.3) is 5.78 Å². The third-order valence-corrected chi connectivity index (χ3v) is 3.60. The predicted octanol–water partition coefficient (Wildman–Crippen LogP) is 2.93. The Labute approximate surface area is 96.7 Å². The second kappa shape index (κ2) is 3.30. The van der Waals surface area contributed by atoms with E-state index in [4.69, 9.17) is 0 Å². The van der Waals surface area contributed by atoms with Gasteiger partial charge in [0, 0.05) is 24.0 Å². The summed E-state index contributed by atoms with van der Waals surface area (Å²) in [4.78, 5) is 8.94. The first-order valence-electron chi connectivity index (χ1n) is 5.32. The van der Waals surface area contributed by atoms with Crippen LogP contribution in [-0.2, 0) is 6.42 Å². The molecule has 0 bridgehead atoms. The van der Waals surface area contributed by atoms with Gasteiger partial charge in [0.25, 0.3) is 0 Å². The van der Waals surface area contributed by atoms with Gasteiger partial charge < -0.3 is 0 Å². The summed E-state index contributed by atoms with van der Waals surface area (Å²) in [6, 6.07) is 0. The third kappa shape index (κ3) is 1.31. The molecule has 2 aromatic heterocycles. The largest absolute Gasteiger partial charge is 0.287 e. The second-order valence-corrected chi connectivity index (χ2v) is 4.95. The van der Waals surface area contributed by atoms with Crippen molar-refractivity contribution in [2.24, 2.45) is 0 Å². The van der Waals surface area contributed by atoms with Crippen LogP contribution >= 0.6 is 15.9 Å². The van der Waals surface area contributed by atoms with Gasteiger partial charge in [-0.15, -0.1) is 0 Å². The highest BCUT2D eigenvalue weighted by Gasteiger charge is 2.26. The molecule has 0 aliphatic heterocycles. The van der Waals surface area contributed by atoms with Gasteiger partial charge in [-0.3, -0.25) is 4.40 Å². The molecule has 0 amide bonds. The van der Waals surface area contributed by atoms with Gasteiger partial charge in [0.1, 0.15) is 0 Å². The molecule has 15 heavy (non-hydrogen) atoms. The Balaban J connectivity index is 2.26. The number of aromatic nitrogens is 3. The minimum atomic E-state index is 0.639. The maximum atomic E-state index is 4.62. The van der Waals surface area contributed by atoms with Gasteiger partial charge in [0.15, 0.2) is 0 Å². The van der Waals surface area contributed by atoms with Crippen LogP contribution in [0.2, 0.25) is 0 Å². The molecule has 78 valence electrons. The third-order valence-electron chi connectivity index (χ3n) is 3.19. The van der Waals surface area contributed by atoms with E-state index in [1.54, 1.807) is 6.20 Å². The molecule has 0 N–H and O–H groups in total. The summed E-state index contributed by atoms with van der Waals surface area (Å²) in [5.41, 5.74) is 2.62. The molecular formula is C11H12BrN3. The Morgan fingerprint density at radius 2 is 2.47 bits per heavy atom. The van der Waals surface area contributed by atoms with Crippen LogP contribution in [-0.4, -0.2) is 14.4 Å². The van der Waals surface area contributed by atoms with Crippen LogP contribution in [0.3, 0.4) is 0 Å². The number of aryl methyl sites for hydroxylation is 1. The lowest BCUT2D eigenvalue weighted by Crippen LogP contribution is -1.93. The molecular weight excluding hydrogens is 254 g/mol. The lowest BCUT2D eigenvalue weighted by atomic mass is 10.1. The van der Waals surface area contributed by atoms with Gasteiger partial charge in [0.2, 0.25) is 5.78 Å². The maximum Gasteiger partial charge on any atom is 0.234 e. The Hall–Kier alpha value is -0.900. The average molecular weight is 266 g/mol. The minimum absolute atomic E-state index is 0.639. The van der Waals surface area contributed by atoms with Gasteiger partial charge in [0.05, 0.1) is 10.2 Å². The number of fused-ring (bicyclic) bond motifs is 3. The highest BCUT2D eigenvalue weighted by molar-refractivity contribution is 9.10. The van der Waals surface area contributed by atoms with Crippen molar-refractivity contribution in [3.63, 3.8) is 0 Å². The fraction of sp³-hybridized carbons (Fsp3) is 0.455. The van der Waals surface area contributed by atoms with E-state index in [9.17, 15) is 0 Å². The Bertz CT molecular complexity index is 518. The van der Waals surface area contributed by atoms with E-state index in [1.165, 1.54) is 24.2 Å². The average Bonchev–Trinajstić information content (AvgIpc) is 2.76. The quantitative estimate of drug-likeness (QED) is 0.794. The predicted molar refractivity (Wildman–Crippen MR) is 62.0 cm³/mol. The summed E-state index contributed by atoms with van der Waals surface area (Å²) < 4.78 is 3.13. The van der Waals surface area contributed by atoms with Crippen molar-refractivity contribution in [2.45, 2.75) is 32.1 Å². The van der Waals surface area contributed by atoms with E-state index in [0.29, 0.717) is 5.92 Å². The van der Waals surface area contributed by atoms with Crippen molar-refractivity contribution in [1.82, 2.24) is 14.4 Å². The lowest BCUT2D eigenvalue weighted by molar-refractivity contribution is 0.640. The molecule has 0 spiro atoms. The van der Waals surface area contributed by atoms with Gasteiger partial charge >= 0.3 is 0 Å². The molecule has 0 saturated heterocycles. The van der Waals surface area contributed by atoms with Crippen molar-refractivity contribution in [3.8, 4) is 0 Å². The van der Waals surface area contributed by atoms with E-state index in [1.807, 2.05) is 0 Å². The first kappa shape index (κ1) is 9.33. The molecule has 0 fully saturated rings. The number of hydrogen-bond acceptors (Lipinski definition) is 2. The standard InChI is InChI=1S/C11H12BrN3/c1-2-7-3-4-9-10(7)14-11-13-5-8(12)6-15(9)11/h5-7H,2-4H2,1H3. The zero-order valence-electron chi connectivity index (χ0n) is 8.57. The van der Waals surface area contributed by atoms with Gasteiger partial charge in [-0.25, -0.2) is 9.97 Å².